The van der Waals surface area contributed by atoms with E-state index in [4.69, 9.17) is 5.11 Å². The monoisotopic (exact) mass is 427 g/mol. The van der Waals surface area contributed by atoms with E-state index in [1.165, 1.54) is 6.07 Å². The number of halogens is 1. The second-order valence-corrected chi connectivity index (χ2v) is 8.55. The molecule has 2 aromatic rings. The van der Waals surface area contributed by atoms with E-state index in [1.54, 1.807) is 6.07 Å². The fourth-order valence-corrected chi connectivity index (χ4v) is 4.15. The highest BCUT2D eigenvalue weighted by atomic mass is 19.1. The van der Waals surface area contributed by atoms with Crippen molar-refractivity contribution in [1.29, 1.82) is 0 Å². The molecule has 3 rings (SSSR count). The van der Waals surface area contributed by atoms with Gasteiger partial charge in [0.25, 0.3) is 0 Å². The third-order valence-corrected chi connectivity index (χ3v) is 6.29. The van der Waals surface area contributed by atoms with Gasteiger partial charge in [0.1, 0.15) is 5.82 Å². The Bertz CT molecular complexity index is 894. The van der Waals surface area contributed by atoms with Gasteiger partial charge in [-0.25, -0.2) is 4.39 Å². The summed E-state index contributed by atoms with van der Waals surface area (Å²) in [6, 6.07) is 11.6. The van der Waals surface area contributed by atoms with Crippen molar-refractivity contribution >= 4 is 17.3 Å². The molecule has 1 atom stereocenters. The Hall–Kier alpha value is -2.44. The molecule has 31 heavy (non-hydrogen) atoms. The largest absolute Gasteiger partial charge is 0.395 e. The fourth-order valence-electron chi connectivity index (χ4n) is 4.15. The minimum Gasteiger partial charge on any atom is -0.395 e. The van der Waals surface area contributed by atoms with Gasteiger partial charge in [-0.1, -0.05) is 19.1 Å². The average molecular weight is 428 g/mol. The molecule has 0 saturated carbocycles. The van der Waals surface area contributed by atoms with E-state index in [9.17, 15) is 9.18 Å². The minimum atomic E-state index is -0.341. The standard InChI is InChI=1S/C25H34FN3O2/c1-17-7-8-24(26)23(19(17)3)15-18(2)25(31)28-21-5-4-6-22(16-21)29-12-9-20(10-13-29)27-11-14-30/h4-8,16,18,20,27,30H,9-15H2,1-3H3,(H,28,31). The first-order chi connectivity index (χ1) is 14.9. The van der Waals surface area contributed by atoms with Crippen LogP contribution in [-0.2, 0) is 11.2 Å². The highest BCUT2D eigenvalue weighted by molar-refractivity contribution is 5.93. The zero-order valence-electron chi connectivity index (χ0n) is 18.7. The topological polar surface area (TPSA) is 64.6 Å². The van der Waals surface area contributed by atoms with E-state index < -0.39 is 0 Å². The molecule has 0 radical (unpaired) electrons. The molecule has 5 nitrogen and oxygen atoms in total. The number of anilines is 2. The predicted molar refractivity (Wildman–Crippen MR) is 124 cm³/mol. The van der Waals surface area contributed by atoms with Gasteiger partial charge in [-0.3, -0.25) is 4.79 Å². The highest BCUT2D eigenvalue weighted by Gasteiger charge is 2.20. The van der Waals surface area contributed by atoms with Crippen LogP contribution in [-0.4, -0.2) is 43.3 Å². The number of carbonyl (C=O) groups is 1. The number of amides is 1. The summed E-state index contributed by atoms with van der Waals surface area (Å²) >= 11 is 0. The molecule has 1 saturated heterocycles. The Balaban J connectivity index is 1.59. The van der Waals surface area contributed by atoms with Crippen LogP contribution in [0.4, 0.5) is 15.8 Å². The Morgan fingerprint density at radius 1 is 1.23 bits per heavy atom. The van der Waals surface area contributed by atoms with E-state index in [1.807, 2.05) is 39.0 Å². The third-order valence-electron chi connectivity index (χ3n) is 6.29. The normalized spacial score (nSPS) is 15.7. The van der Waals surface area contributed by atoms with Crippen molar-refractivity contribution in [3.8, 4) is 0 Å². The first-order valence-corrected chi connectivity index (χ1v) is 11.1. The third kappa shape index (κ3) is 6.05. The molecular formula is C25H34FN3O2. The van der Waals surface area contributed by atoms with Crippen molar-refractivity contribution in [3.05, 3.63) is 58.9 Å². The van der Waals surface area contributed by atoms with Gasteiger partial charge in [-0.05, 0) is 74.1 Å². The molecule has 1 fully saturated rings. The molecule has 1 aliphatic rings. The Kier molecular flexibility index (Phi) is 8.04. The number of hydrogen-bond acceptors (Lipinski definition) is 4. The van der Waals surface area contributed by atoms with Crippen molar-refractivity contribution in [2.24, 2.45) is 5.92 Å². The number of carbonyl (C=O) groups excluding carboxylic acids is 1. The van der Waals surface area contributed by atoms with Crippen LogP contribution in [0.2, 0.25) is 0 Å². The number of nitrogens with one attached hydrogen (secondary N) is 2. The van der Waals surface area contributed by atoms with Crippen molar-refractivity contribution < 1.29 is 14.3 Å². The van der Waals surface area contributed by atoms with Crippen molar-refractivity contribution in [2.75, 3.05) is 36.5 Å². The van der Waals surface area contributed by atoms with E-state index in [2.05, 4.69) is 21.6 Å². The number of nitrogens with zero attached hydrogens (tertiary/aromatic N) is 1. The number of aliphatic hydroxyl groups excluding tert-OH is 1. The van der Waals surface area contributed by atoms with E-state index in [-0.39, 0.29) is 24.2 Å². The average Bonchev–Trinajstić information content (AvgIpc) is 2.78. The number of aryl methyl sites for hydroxylation is 1. The maximum atomic E-state index is 14.3. The lowest BCUT2D eigenvalue weighted by Gasteiger charge is -2.34. The van der Waals surface area contributed by atoms with Crippen LogP contribution in [0.25, 0.3) is 0 Å². The van der Waals surface area contributed by atoms with Gasteiger partial charge in [0.15, 0.2) is 0 Å². The molecule has 0 aliphatic carbocycles. The van der Waals surface area contributed by atoms with Crippen LogP contribution in [0.15, 0.2) is 36.4 Å². The van der Waals surface area contributed by atoms with Crippen LogP contribution in [0, 0.1) is 25.6 Å². The maximum Gasteiger partial charge on any atom is 0.227 e. The lowest BCUT2D eigenvalue weighted by atomic mass is 9.94. The molecule has 1 unspecified atom stereocenters. The second-order valence-electron chi connectivity index (χ2n) is 8.55. The maximum absolute atomic E-state index is 14.3. The van der Waals surface area contributed by atoms with Gasteiger partial charge < -0.3 is 20.6 Å². The number of benzene rings is 2. The molecular weight excluding hydrogens is 393 g/mol. The second kappa shape index (κ2) is 10.7. The molecule has 1 aliphatic heterocycles. The Morgan fingerprint density at radius 3 is 2.68 bits per heavy atom. The van der Waals surface area contributed by atoms with E-state index in [0.29, 0.717) is 24.6 Å². The summed E-state index contributed by atoms with van der Waals surface area (Å²) in [6.45, 7) is 8.37. The summed E-state index contributed by atoms with van der Waals surface area (Å²) in [5.41, 5.74) is 4.42. The molecule has 0 spiro atoms. The summed E-state index contributed by atoms with van der Waals surface area (Å²) in [5.74, 6) is -0.696. The first kappa shape index (κ1) is 23.2. The molecule has 1 heterocycles. The summed E-state index contributed by atoms with van der Waals surface area (Å²) in [5, 5.41) is 15.3. The van der Waals surface area contributed by atoms with Crippen molar-refractivity contribution in [3.63, 3.8) is 0 Å². The quantitative estimate of drug-likeness (QED) is 0.599. The van der Waals surface area contributed by atoms with Gasteiger partial charge in [-0.15, -0.1) is 0 Å². The summed E-state index contributed by atoms with van der Waals surface area (Å²) in [7, 11) is 0. The molecule has 2 aromatic carbocycles. The molecule has 1 amide bonds. The molecule has 0 bridgehead atoms. The predicted octanol–water partition coefficient (Wildman–Crippen LogP) is 3.81. The van der Waals surface area contributed by atoms with Crippen molar-refractivity contribution in [1.82, 2.24) is 5.32 Å². The van der Waals surface area contributed by atoms with Crippen LogP contribution in [0.3, 0.4) is 0 Å². The van der Waals surface area contributed by atoms with Crippen LogP contribution >= 0.6 is 0 Å². The summed E-state index contributed by atoms with van der Waals surface area (Å²) in [6.07, 6.45) is 2.42. The number of hydrogen-bond donors (Lipinski definition) is 3. The summed E-state index contributed by atoms with van der Waals surface area (Å²) in [4.78, 5) is 15.1. The number of piperidine rings is 1. The Labute approximate surface area is 184 Å². The fraction of sp³-hybridized carbons (Fsp3) is 0.480. The van der Waals surface area contributed by atoms with Crippen LogP contribution < -0.4 is 15.5 Å². The lowest BCUT2D eigenvalue weighted by Crippen LogP contribution is -2.43. The number of rotatable bonds is 8. The number of aliphatic hydroxyl groups is 1. The minimum absolute atomic E-state index is 0.107. The zero-order valence-corrected chi connectivity index (χ0v) is 18.7. The van der Waals surface area contributed by atoms with E-state index >= 15 is 0 Å². The van der Waals surface area contributed by atoms with Crippen LogP contribution in [0.5, 0.6) is 0 Å². The molecule has 168 valence electrons. The first-order valence-electron chi connectivity index (χ1n) is 11.1. The SMILES string of the molecule is Cc1ccc(F)c(CC(C)C(=O)Nc2cccc(N3CCC(NCCO)CC3)c2)c1C. The highest BCUT2D eigenvalue weighted by Crippen LogP contribution is 2.25. The van der Waals surface area contributed by atoms with Crippen molar-refractivity contribution in [2.45, 2.75) is 46.1 Å². The Morgan fingerprint density at radius 2 is 1.97 bits per heavy atom. The lowest BCUT2D eigenvalue weighted by molar-refractivity contribution is -0.119. The van der Waals surface area contributed by atoms with Gasteiger partial charge in [0.2, 0.25) is 5.91 Å². The zero-order chi connectivity index (χ0) is 22.4. The van der Waals surface area contributed by atoms with Gasteiger partial charge >= 0.3 is 0 Å². The van der Waals surface area contributed by atoms with E-state index in [0.717, 1.165) is 48.4 Å². The summed E-state index contributed by atoms with van der Waals surface area (Å²) < 4.78 is 14.3. The van der Waals surface area contributed by atoms with Crippen LogP contribution in [0.1, 0.15) is 36.5 Å². The molecule has 0 aromatic heterocycles. The van der Waals surface area contributed by atoms with Gasteiger partial charge in [-0.2, -0.15) is 0 Å². The smallest absolute Gasteiger partial charge is 0.227 e. The molecule has 6 heteroatoms. The van der Waals surface area contributed by atoms with Gasteiger partial charge in [0, 0.05) is 43.0 Å². The van der Waals surface area contributed by atoms with Gasteiger partial charge in [0.05, 0.1) is 6.61 Å². The molecule has 3 N–H and O–H groups in total.